The van der Waals surface area contributed by atoms with Gasteiger partial charge in [-0.25, -0.2) is 4.79 Å². The third kappa shape index (κ3) is 4.30. The minimum absolute atomic E-state index is 0.156. The van der Waals surface area contributed by atoms with Crippen LogP contribution in [0.1, 0.15) is 44.0 Å². The predicted molar refractivity (Wildman–Crippen MR) is 79.2 cm³/mol. The number of hydrogen-bond donors (Lipinski definition) is 3. The number of aliphatic carboxylic acids is 1. The van der Waals surface area contributed by atoms with E-state index >= 15 is 0 Å². The first-order valence-electron chi connectivity index (χ1n) is 6.78. The lowest BCUT2D eigenvalue weighted by Crippen LogP contribution is -2.51. The van der Waals surface area contributed by atoms with Crippen LogP contribution in [-0.4, -0.2) is 28.4 Å². The maximum atomic E-state index is 12.1. The first-order chi connectivity index (χ1) is 9.82. The Bertz CT molecular complexity index is 556. The zero-order valence-electron chi connectivity index (χ0n) is 12.4. The summed E-state index contributed by atoms with van der Waals surface area (Å²) < 4.78 is 0. The molecule has 0 aliphatic carbocycles. The van der Waals surface area contributed by atoms with Crippen LogP contribution < -0.4 is 10.6 Å². The Balaban J connectivity index is 2.90. The SMILES string of the molecule is CCC(=O)Nc1cccc(C(=O)NC(C)(CC)C(=O)O)c1. The normalized spacial score (nSPS) is 13.1. The van der Waals surface area contributed by atoms with Gasteiger partial charge >= 0.3 is 5.97 Å². The van der Waals surface area contributed by atoms with Gasteiger partial charge in [0.2, 0.25) is 5.91 Å². The van der Waals surface area contributed by atoms with Gasteiger partial charge in [-0.2, -0.15) is 0 Å². The summed E-state index contributed by atoms with van der Waals surface area (Å²) in [7, 11) is 0. The average molecular weight is 292 g/mol. The summed E-state index contributed by atoms with van der Waals surface area (Å²) in [5, 5.41) is 14.3. The van der Waals surface area contributed by atoms with Crippen molar-refractivity contribution in [3.05, 3.63) is 29.8 Å². The number of anilines is 1. The Morgan fingerprint density at radius 3 is 2.43 bits per heavy atom. The van der Waals surface area contributed by atoms with E-state index in [0.29, 0.717) is 17.7 Å². The van der Waals surface area contributed by atoms with Crippen molar-refractivity contribution in [2.45, 2.75) is 39.2 Å². The fraction of sp³-hybridized carbons (Fsp3) is 0.400. The number of amides is 2. The van der Waals surface area contributed by atoms with E-state index in [1.807, 2.05) is 0 Å². The summed E-state index contributed by atoms with van der Waals surface area (Å²) in [5.74, 6) is -1.74. The number of benzene rings is 1. The third-order valence-corrected chi connectivity index (χ3v) is 3.30. The molecule has 0 saturated heterocycles. The summed E-state index contributed by atoms with van der Waals surface area (Å²) in [6, 6.07) is 6.38. The smallest absolute Gasteiger partial charge is 0.329 e. The first kappa shape index (κ1) is 16.7. The maximum Gasteiger partial charge on any atom is 0.329 e. The molecule has 114 valence electrons. The quantitative estimate of drug-likeness (QED) is 0.747. The van der Waals surface area contributed by atoms with Gasteiger partial charge in [-0.1, -0.05) is 19.9 Å². The zero-order valence-corrected chi connectivity index (χ0v) is 12.4. The number of nitrogens with one attached hydrogen (secondary N) is 2. The molecule has 0 heterocycles. The van der Waals surface area contributed by atoms with Crippen molar-refractivity contribution in [1.82, 2.24) is 5.32 Å². The average Bonchev–Trinajstić information content (AvgIpc) is 2.46. The number of carboxylic acid groups (broad SMARTS) is 1. The van der Waals surface area contributed by atoms with Gasteiger partial charge in [-0.05, 0) is 31.5 Å². The second-order valence-electron chi connectivity index (χ2n) is 4.93. The van der Waals surface area contributed by atoms with Gasteiger partial charge in [-0.3, -0.25) is 9.59 Å². The Kier molecular flexibility index (Phi) is 5.46. The highest BCUT2D eigenvalue weighted by Gasteiger charge is 2.33. The molecule has 0 saturated carbocycles. The molecule has 0 aliphatic heterocycles. The fourth-order valence-electron chi connectivity index (χ4n) is 1.60. The molecule has 0 fully saturated rings. The van der Waals surface area contributed by atoms with E-state index in [0.717, 1.165) is 0 Å². The van der Waals surface area contributed by atoms with Gasteiger partial charge in [0.05, 0.1) is 0 Å². The van der Waals surface area contributed by atoms with Gasteiger partial charge in [0.15, 0.2) is 0 Å². The number of rotatable bonds is 6. The molecule has 0 spiro atoms. The van der Waals surface area contributed by atoms with Crippen LogP contribution in [0.25, 0.3) is 0 Å². The lowest BCUT2D eigenvalue weighted by molar-refractivity contribution is -0.143. The van der Waals surface area contributed by atoms with E-state index in [1.165, 1.54) is 13.0 Å². The second kappa shape index (κ2) is 6.88. The van der Waals surface area contributed by atoms with Crippen LogP contribution in [-0.2, 0) is 9.59 Å². The zero-order chi connectivity index (χ0) is 16.0. The van der Waals surface area contributed by atoms with E-state index in [-0.39, 0.29) is 12.3 Å². The molecule has 1 atom stereocenters. The Morgan fingerprint density at radius 1 is 1.24 bits per heavy atom. The van der Waals surface area contributed by atoms with Crippen molar-refractivity contribution in [3.63, 3.8) is 0 Å². The molecule has 0 bridgehead atoms. The molecular weight excluding hydrogens is 272 g/mol. The molecular formula is C15H20N2O4. The Labute approximate surface area is 123 Å². The van der Waals surface area contributed by atoms with Crippen LogP contribution in [0, 0.1) is 0 Å². The highest BCUT2D eigenvalue weighted by Crippen LogP contribution is 2.14. The van der Waals surface area contributed by atoms with E-state index < -0.39 is 17.4 Å². The molecule has 1 aromatic carbocycles. The molecule has 6 nitrogen and oxygen atoms in total. The van der Waals surface area contributed by atoms with Crippen molar-refractivity contribution in [3.8, 4) is 0 Å². The van der Waals surface area contributed by atoms with Crippen molar-refractivity contribution in [1.29, 1.82) is 0 Å². The van der Waals surface area contributed by atoms with E-state index in [2.05, 4.69) is 10.6 Å². The van der Waals surface area contributed by atoms with E-state index in [4.69, 9.17) is 5.11 Å². The first-order valence-corrected chi connectivity index (χ1v) is 6.78. The highest BCUT2D eigenvalue weighted by atomic mass is 16.4. The van der Waals surface area contributed by atoms with Crippen LogP contribution in [0.15, 0.2) is 24.3 Å². The molecule has 21 heavy (non-hydrogen) atoms. The topological polar surface area (TPSA) is 95.5 Å². The number of carbonyl (C=O) groups excluding carboxylic acids is 2. The lowest BCUT2D eigenvalue weighted by Gasteiger charge is -2.24. The summed E-state index contributed by atoms with van der Waals surface area (Å²) in [4.78, 5) is 34.7. The number of carboxylic acids is 1. The van der Waals surface area contributed by atoms with Crippen molar-refractivity contribution in [2.24, 2.45) is 0 Å². The molecule has 0 aromatic heterocycles. The summed E-state index contributed by atoms with van der Waals surface area (Å²) in [5.41, 5.74) is -0.521. The lowest BCUT2D eigenvalue weighted by atomic mass is 9.98. The van der Waals surface area contributed by atoms with Gasteiger partial charge < -0.3 is 15.7 Å². The van der Waals surface area contributed by atoms with Crippen molar-refractivity contribution in [2.75, 3.05) is 5.32 Å². The molecule has 3 N–H and O–H groups in total. The minimum Gasteiger partial charge on any atom is -0.480 e. The van der Waals surface area contributed by atoms with E-state index in [1.54, 1.807) is 32.0 Å². The Morgan fingerprint density at radius 2 is 1.90 bits per heavy atom. The van der Waals surface area contributed by atoms with Gasteiger partial charge in [-0.15, -0.1) is 0 Å². The third-order valence-electron chi connectivity index (χ3n) is 3.30. The molecule has 2 amide bonds. The molecule has 6 heteroatoms. The van der Waals surface area contributed by atoms with Gasteiger partial charge in [0.25, 0.3) is 5.91 Å². The number of hydrogen-bond acceptors (Lipinski definition) is 3. The second-order valence-corrected chi connectivity index (χ2v) is 4.93. The molecule has 0 radical (unpaired) electrons. The highest BCUT2D eigenvalue weighted by molar-refractivity contribution is 5.99. The Hall–Kier alpha value is -2.37. The molecule has 1 unspecified atom stereocenters. The van der Waals surface area contributed by atoms with Crippen molar-refractivity contribution < 1.29 is 19.5 Å². The molecule has 1 aromatic rings. The summed E-state index contributed by atoms with van der Waals surface area (Å²) in [6.07, 6.45) is 0.601. The van der Waals surface area contributed by atoms with E-state index in [9.17, 15) is 14.4 Å². The summed E-state index contributed by atoms with van der Waals surface area (Å²) in [6.45, 7) is 4.87. The predicted octanol–water partition coefficient (Wildman–Crippen LogP) is 2.02. The van der Waals surface area contributed by atoms with Gasteiger partial charge in [0.1, 0.15) is 5.54 Å². The van der Waals surface area contributed by atoms with Crippen LogP contribution in [0.4, 0.5) is 5.69 Å². The molecule has 0 aliphatic rings. The van der Waals surface area contributed by atoms with Crippen LogP contribution in [0.5, 0.6) is 0 Å². The van der Waals surface area contributed by atoms with Crippen LogP contribution in [0.2, 0.25) is 0 Å². The van der Waals surface area contributed by atoms with Gasteiger partial charge in [0, 0.05) is 17.7 Å². The van der Waals surface area contributed by atoms with Crippen LogP contribution >= 0.6 is 0 Å². The number of carbonyl (C=O) groups is 3. The van der Waals surface area contributed by atoms with Crippen LogP contribution in [0.3, 0.4) is 0 Å². The summed E-state index contributed by atoms with van der Waals surface area (Å²) >= 11 is 0. The maximum absolute atomic E-state index is 12.1. The van der Waals surface area contributed by atoms with Crippen molar-refractivity contribution >= 4 is 23.5 Å². The minimum atomic E-state index is -1.32. The fourth-order valence-corrected chi connectivity index (χ4v) is 1.60. The molecule has 1 rings (SSSR count). The largest absolute Gasteiger partial charge is 0.480 e. The standard InChI is InChI=1S/C15H20N2O4/c1-4-12(18)16-11-8-6-7-10(9-11)13(19)17-15(3,5-2)14(20)21/h6-9H,4-5H2,1-3H3,(H,16,18)(H,17,19)(H,20,21). The monoisotopic (exact) mass is 292 g/mol.